The molecule has 3 aromatic rings. The van der Waals surface area contributed by atoms with Gasteiger partial charge >= 0.3 is 0 Å². The molecule has 3 heterocycles. The van der Waals surface area contributed by atoms with Crippen LogP contribution in [0.1, 0.15) is 52.3 Å². The number of rotatable bonds is 4. The van der Waals surface area contributed by atoms with Crippen molar-refractivity contribution in [3.63, 3.8) is 0 Å². The molecule has 31 heavy (non-hydrogen) atoms. The molecular weight excluding hydrogens is 390 g/mol. The number of aromatic hydroxyl groups is 1. The van der Waals surface area contributed by atoms with Crippen LogP contribution in [0.25, 0.3) is 22.4 Å². The summed E-state index contributed by atoms with van der Waals surface area (Å²) in [6, 6.07) is 7.73. The fourth-order valence-corrected chi connectivity index (χ4v) is 4.90. The maximum absolute atomic E-state index is 10.5. The van der Waals surface area contributed by atoms with Crippen LogP contribution in [-0.4, -0.2) is 41.6 Å². The number of H-pyrrole nitrogens is 1. The largest absolute Gasteiger partial charge is 0.507 e. The summed E-state index contributed by atoms with van der Waals surface area (Å²) in [7, 11) is 0. The van der Waals surface area contributed by atoms with Crippen molar-refractivity contribution in [1.29, 1.82) is 5.26 Å². The van der Waals surface area contributed by atoms with Crippen molar-refractivity contribution in [2.24, 2.45) is 5.92 Å². The highest BCUT2D eigenvalue weighted by Gasteiger charge is 2.42. The number of nitrogens with one attached hydrogen (secondary N) is 2. The first-order chi connectivity index (χ1) is 14.7. The number of phenolic OH excluding ortho intramolecular Hbond substituents is 1. The van der Waals surface area contributed by atoms with Gasteiger partial charge in [0, 0.05) is 28.4 Å². The Morgan fingerprint density at radius 2 is 1.84 bits per heavy atom. The minimum atomic E-state index is -0.431. The van der Waals surface area contributed by atoms with Gasteiger partial charge in [0.1, 0.15) is 17.4 Å². The summed E-state index contributed by atoms with van der Waals surface area (Å²) in [5.74, 6) is 0.214. The van der Waals surface area contributed by atoms with Crippen LogP contribution in [-0.2, 0) is 0 Å². The zero-order valence-corrected chi connectivity index (χ0v) is 18.2. The Morgan fingerprint density at radius 1 is 1.10 bits per heavy atom. The van der Waals surface area contributed by atoms with Crippen molar-refractivity contribution in [1.82, 2.24) is 30.7 Å². The zero-order valence-electron chi connectivity index (χ0n) is 18.2. The van der Waals surface area contributed by atoms with Crippen LogP contribution in [0.15, 0.2) is 36.8 Å². The first-order valence-electron chi connectivity index (χ1n) is 10.4. The van der Waals surface area contributed by atoms with Crippen LogP contribution in [0.2, 0.25) is 0 Å². The molecule has 1 atom stereocenters. The Bertz CT molecular complexity index is 1080. The minimum absolute atomic E-state index is 0.0720. The molecule has 1 saturated heterocycles. The lowest BCUT2D eigenvalue weighted by Gasteiger charge is -2.47. The zero-order chi connectivity index (χ0) is 22.2. The van der Waals surface area contributed by atoms with Crippen molar-refractivity contribution < 1.29 is 5.11 Å². The second kappa shape index (κ2) is 7.75. The fraction of sp³-hybridized carbons (Fsp3) is 0.435. The summed E-state index contributed by atoms with van der Waals surface area (Å²) in [6.07, 6.45) is 6.74. The second-order valence-corrected chi connectivity index (χ2v) is 9.59. The quantitative estimate of drug-likeness (QED) is 0.590. The Balaban J connectivity index is 1.58. The predicted molar refractivity (Wildman–Crippen MR) is 117 cm³/mol. The van der Waals surface area contributed by atoms with E-state index >= 15 is 0 Å². The van der Waals surface area contributed by atoms with Crippen LogP contribution in [0.5, 0.6) is 5.75 Å². The highest BCUT2D eigenvalue weighted by molar-refractivity contribution is 5.73. The molecule has 0 saturated carbocycles. The number of hydrogen-bond donors (Lipinski definition) is 3. The summed E-state index contributed by atoms with van der Waals surface area (Å²) >= 11 is 0. The summed E-state index contributed by atoms with van der Waals surface area (Å²) in [5, 5.41) is 39.3. The van der Waals surface area contributed by atoms with E-state index in [4.69, 9.17) is 0 Å². The third-order valence-electron chi connectivity index (χ3n) is 5.79. The van der Waals surface area contributed by atoms with E-state index in [9.17, 15) is 10.4 Å². The molecule has 1 aliphatic heterocycles. The SMILES string of the molecule is CC1(C)CC(C(C#N)c2ncc(-c3ccc(-c4cn[nH]c4)cc3O)nn2)CC(C)(C)N1. The lowest BCUT2D eigenvalue weighted by Crippen LogP contribution is -2.58. The molecule has 8 nitrogen and oxygen atoms in total. The van der Waals surface area contributed by atoms with E-state index in [0.717, 1.165) is 24.0 Å². The van der Waals surface area contributed by atoms with Crippen molar-refractivity contribution in [3.05, 3.63) is 42.6 Å². The second-order valence-electron chi connectivity index (χ2n) is 9.59. The molecule has 2 aromatic heterocycles. The third-order valence-corrected chi connectivity index (χ3v) is 5.79. The topological polar surface area (TPSA) is 123 Å². The van der Waals surface area contributed by atoms with Gasteiger partial charge in [-0.05, 0) is 64.2 Å². The number of benzene rings is 1. The Hall–Kier alpha value is -3.31. The Kier molecular flexibility index (Phi) is 5.23. The van der Waals surface area contributed by atoms with Crippen LogP contribution in [0.3, 0.4) is 0 Å². The first kappa shape index (κ1) is 20.9. The predicted octanol–water partition coefficient (Wildman–Crippen LogP) is 3.80. The van der Waals surface area contributed by atoms with Crippen molar-refractivity contribution in [2.75, 3.05) is 0 Å². The minimum Gasteiger partial charge on any atom is -0.507 e. The summed E-state index contributed by atoms with van der Waals surface area (Å²) in [4.78, 5) is 4.47. The summed E-state index contributed by atoms with van der Waals surface area (Å²) < 4.78 is 0. The highest BCUT2D eigenvalue weighted by Crippen LogP contribution is 2.40. The molecule has 1 aliphatic rings. The van der Waals surface area contributed by atoms with E-state index in [-0.39, 0.29) is 22.7 Å². The molecule has 3 N–H and O–H groups in total. The lowest BCUT2D eigenvalue weighted by atomic mass is 9.71. The van der Waals surface area contributed by atoms with Crippen LogP contribution in [0, 0.1) is 17.2 Å². The van der Waals surface area contributed by atoms with Gasteiger partial charge < -0.3 is 10.4 Å². The number of piperidine rings is 1. The van der Waals surface area contributed by atoms with Gasteiger partial charge in [-0.1, -0.05) is 6.07 Å². The highest BCUT2D eigenvalue weighted by atomic mass is 16.3. The number of phenols is 1. The van der Waals surface area contributed by atoms with Crippen LogP contribution < -0.4 is 5.32 Å². The average molecular weight is 418 g/mol. The van der Waals surface area contributed by atoms with Gasteiger partial charge in [0.2, 0.25) is 0 Å². The van der Waals surface area contributed by atoms with Gasteiger partial charge in [0.15, 0.2) is 5.82 Å². The molecule has 8 heteroatoms. The molecule has 1 unspecified atom stereocenters. The van der Waals surface area contributed by atoms with E-state index in [1.54, 1.807) is 30.7 Å². The van der Waals surface area contributed by atoms with Crippen LogP contribution >= 0.6 is 0 Å². The van der Waals surface area contributed by atoms with Gasteiger partial charge in [-0.25, -0.2) is 4.98 Å². The molecule has 1 aromatic carbocycles. The van der Waals surface area contributed by atoms with Crippen LogP contribution in [0.4, 0.5) is 0 Å². The van der Waals surface area contributed by atoms with Gasteiger partial charge in [0.25, 0.3) is 0 Å². The average Bonchev–Trinajstić information content (AvgIpc) is 3.22. The number of aromatic amines is 1. The first-order valence-corrected chi connectivity index (χ1v) is 10.4. The van der Waals surface area contributed by atoms with Crippen molar-refractivity contribution in [3.8, 4) is 34.2 Å². The number of hydrogen-bond acceptors (Lipinski definition) is 7. The van der Waals surface area contributed by atoms with E-state index in [1.807, 2.05) is 6.07 Å². The van der Waals surface area contributed by atoms with Gasteiger partial charge in [0.05, 0.1) is 18.5 Å². The van der Waals surface area contributed by atoms with E-state index in [2.05, 4.69) is 64.5 Å². The van der Waals surface area contributed by atoms with Crippen molar-refractivity contribution >= 4 is 0 Å². The Morgan fingerprint density at radius 3 is 2.39 bits per heavy atom. The molecular formula is C23H27N7O. The molecule has 0 spiro atoms. The van der Waals surface area contributed by atoms with Gasteiger partial charge in [-0.15, -0.1) is 10.2 Å². The number of aromatic nitrogens is 5. The molecule has 4 rings (SSSR count). The van der Waals surface area contributed by atoms with Gasteiger partial charge in [-0.2, -0.15) is 10.4 Å². The number of nitrogens with zero attached hydrogens (tertiary/aromatic N) is 5. The molecule has 0 amide bonds. The molecule has 0 aliphatic carbocycles. The van der Waals surface area contributed by atoms with Crippen molar-refractivity contribution in [2.45, 2.75) is 57.5 Å². The maximum atomic E-state index is 10.5. The van der Waals surface area contributed by atoms with Gasteiger partial charge in [-0.3, -0.25) is 5.10 Å². The third kappa shape index (κ3) is 4.42. The lowest BCUT2D eigenvalue weighted by molar-refractivity contribution is 0.120. The smallest absolute Gasteiger partial charge is 0.168 e. The van der Waals surface area contributed by atoms with E-state index < -0.39 is 5.92 Å². The normalized spacial score (nSPS) is 18.9. The molecule has 0 radical (unpaired) electrons. The monoisotopic (exact) mass is 417 g/mol. The molecule has 160 valence electrons. The van der Waals surface area contributed by atoms with E-state index in [1.165, 1.54) is 0 Å². The Labute approximate surface area is 181 Å². The van der Waals surface area contributed by atoms with E-state index in [0.29, 0.717) is 17.1 Å². The maximum Gasteiger partial charge on any atom is 0.168 e. The molecule has 0 bridgehead atoms. The standard InChI is InChI=1S/C23H27N7O/c1-22(2)8-15(9-23(3,4)30-22)18(10-24)21-25-13-19(28-29-21)17-6-5-14(7-20(17)31)16-11-26-27-12-16/h5-7,11-13,15,18,30-31H,8-9H2,1-4H3,(H,26,27). The number of nitriles is 1. The summed E-state index contributed by atoms with van der Waals surface area (Å²) in [6.45, 7) is 8.64. The fourth-order valence-electron chi connectivity index (χ4n) is 4.90. The summed E-state index contributed by atoms with van der Waals surface area (Å²) in [5.41, 5.74) is 2.58. The molecule has 1 fully saturated rings.